The van der Waals surface area contributed by atoms with Crippen molar-refractivity contribution < 1.29 is 35.9 Å². The molecule has 3 aromatic rings. The molecule has 0 N–H and O–H groups in total. The number of urea groups is 1. The van der Waals surface area contributed by atoms with Gasteiger partial charge in [-0.05, 0) is 42.0 Å². The topological polar surface area (TPSA) is 76.2 Å². The Bertz CT molecular complexity index is 1360. The second kappa shape index (κ2) is 8.56. The summed E-state index contributed by atoms with van der Waals surface area (Å²) in [6.07, 6.45) is -4.56. The van der Waals surface area contributed by atoms with Crippen LogP contribution in [0.15, 0.2) is 71.6 Å². The minimum atomic E-state index is -4.56. The molecule has 0 spiro atoms. The maximum Gasteiger partial charge on any atom is 0.416 e. The molecule has 0 aliphatic carbocycles. The first-order chi connectivity index (χ1) is 16.1. The maximum atomic E-state index is 13.5. The van der Waals surface area contributed by atoms with Gasteiger partial charge in [-0.3, -0.25) is 4.90 Å². The Hall–Kier alpha value is -3.73. The predicted octanol–water partition coefficient (Wildman–Crippen LogP) is 5.06. The Morgan fingerprint density at radius 1 is 0.882 bits per heavy atom. The molecule has 0 atom stereocenters. The lowest BCUT2D eigenvalue weighted by Gasteiger charge is -2.36. The highest BCUT2D eigenvalue weighted by Gasteiger charge is 2.43. The van der Waals surface area contributed by atoms with Crippen LogP contribution in [0.25, 0.3) is 0 Å². The molecule has 0 saturated heterocycles. The van der Waals surface area contributed by atoms with Gasteiger partial charge in [-0.25, -0.2) is 13.2 Å². The largest absolute Gasteiger partial charge is 0.493 e. The maximum absolute atomic E-state index is 13.5. The third kappa shape index (κ3) is 4.03. The van der Waals surface area contributed by atoms with Crippen molar-refractivity contribution in [2.24, 2.45) is 0 Å². The van der Waals surface area contributed by atoms with Crippen LogP contribution in [-0.2, 0) is 22.7 Å². The molecule has 11 heteroatoms. The summed E-state index contributed by atoms with van der Waals surface area (Å²) in [6, 6.07) is 13.6. The number of hydrogen-bond acceptors (Lipinski definition) is 5. The van der Waals surface area contributed by atoms with E-state index in [1.54, 1.807) is 6.07 Å². The van der Waals surface area contributed by atoms with Crippen LogP contribution in [0.4, 0.5) is 29.3 Å². The van der Waals surface area contributed by atoms with E-state index in [4.69, 9.17) is 9.47 Å². The number of amides is 2. The lowest BCUT2D eigenvalue weighted by molar-refractivity contribution is -0.137. The first-order valence-corrected chi connectivity index (χ1v) is 11.4. The van der Waals surface area contributed by atoms with Gasteiger partial charge in [0.2, 0.25) is 0 Å². The number of methoxy groups -OCH3 is 2. The molecule has 2 amide bonds. The van der Waals surface area contributed by atoms with Gasteiger partial charge in [0.05, 0.1) is 37.7 Å². The summed E-state index contributed by atoms with van der Waals surface area (Å²) in [7, 11) is -1.55. The van der Waals surface area contributed by atoms with E-state index in [9.17, 15) is 26.4 Å². The highest BCUT2D eigenvalue weighted by atomic mass is 32.2. The molecule has 1 heterocycles. The SMILES string of the molecule is COc1ccc(N2C(=O)N(Cc3cccc(C(F)(F)F)c3)c3ccccc3S2(=O)=O)cc1OC. The molecule has 0 saturated carbocycles. The van der Waals surface area contributed by atoms with E-state index in [1.807, 2.05) is 0 Å². The van der Waals surface area contributed by atoms with E-state index in [0.717, 1.165) is 17.0 Å². The zero-order valence-corrected chi connectivity index (χ0v) is 18.9. The second-order valence-corrected chi connectivity index (χ2v) is 9.10. The molecule has 0 fully saturated rings. The van der Waals surface area contributed by atoms with Gasteiger partial charge in [0.15, 0.2) is 11.5 Å². The zero-order chi connectivity index (χ0) is 24.7. The number of alkyl halides is 3. The number of para-hydroxylation sites is 1. The number of halogens is 3. The number of carbonyl (C=O) groups excluding carboxylic acids is 1. The average Bonchev–Trinajstić information content (AvgIpc) is 2.81. The van der Waals surface area contributed by atoms with Crippen LogP contribution in [0.5, 0.6) is 11.5 Å². The van der Waals surface area contributed by atoms with Crippen molar-refractivity contribution >= 4 is 27.4 Å². The number of rotatable bonds is 5. The summed E-state index contributed by atoms with van der Waals surface area (Å²) < 4.78 is 77.4. The molecular formula is C23H19F3N2O5S. The van der Waals surface area contributed by atoms with Crippen LogP contribution in [0, 0.1) is 0 Å². The van der Waals surface area contributed by atoms with Crippen molar-refractivity contribution in [2.45, 2.75) is 17.6 Å². The van der Waals surface area contributed by atoms with E-state index in [-0.39, 0.29) is 34.1 Å². The quantitative estimate of drug-likeness (QED) is 0.498. The highest BCUT2D eigenvalue weighted by Crippen LogP contribution is 2.40. The van der Waals surface area contributed by atoms with Crippen molar-refractivity contribution in [3.05, 3.63) is 77.9 Å². The van der Waals surface area contributed by atoms with Crippen molar-refractivity contribution in [3.8, 4) is 11.5 Å². The number of fused-ring (bicyclic) bond motifs is 1. The van der Waals surface area contributed by atoms with Gasteiger partial charge < -0.3 is 9.47 Å². The molecule has 0 bridgehead atoms. The lowest BCUT2D eigenvalue weighted by atomic mass is 10.1. The van der Waals surface area contributed by atoms with Crippen LogP contribution in [0.2, 0.25) is 0 Å². The molecule has 0 aromatic heterocycles. The summed E-state index contributed by atoms with van der Waals surface area (Å²) in [6.45, 7) is -0.279. The van der Waals surface area contributed by atoms with Gasteiger partial charge in [0.1, 0.15) is 4.90 Å². The summed E-state index contributed by atoms with van der Waals surface area (Å²) in [4.78, 5) is 14.5. The van der Waals surface area contributed by atoms with E-state index in [0.29, 0.717) is 10.1 Å². The number of ether oxygens (including phenoxy) is 2. The molecule has 178 valence electrons. The molecule has 0 radical (unpaired) electrons. The van der Waals surface area contributed by atoms with Gasteiger partial charge in [-0.15, -0.1) is 0 Å². The normalized spacial score (nSPS) is 15.1. The molecule has 4 rings (SSSR count). The molecule has 34 heavy (non-hydrogen) atoms. The third-order valence-electron chi connectivity index (χ3n) is 5.28. The number of sulfonamides is 1. The van der Waals surface area contributed by atoms with Crippen LogP contribution in [-0.4, -0.2) is 28.7 Å². The zero-order valence-electron chi connectivity index (χ0n) is 18.0. The van der Waals surface area contributed by atoms with Gasteiger partial charge >= 0.3 is 12.2 Å². The Kier molecular flexibility index (Phi) is 5.90. The second-order valence-electron chi connectivity index (χ2n) is 7.34. The van der Waals surface area contributed by atoms with Crippen molar-refractivity contribution in [3.63, 3.8) is 0 Å². The molecule has 1 aliphatic rings. The van der Waals surface area contributed by atoms with Gasteiger partial charge in [0.25, 0.3) is 10.0 Å². The predicted molar refractivity (Wildman–Crippen MR) is 119 cm³/mol. The van der Waals surface area contributed by atoms with E-state index >= 15 is 0 Å². The monoisotopic (exact) mass is 492 g/mol. The first-order valence-electron chi connectivity index (χ1n) is 9.92. The van der Waals surface area contributed by atoms with Crippen LogP contribution < -0.4 is 18.7 Å². The Labute approximate surface area is 194 Å². The van der Waals surface area contributed by atoms with Gasteiger partial charge in [-0.1, -0.05) is 24.3 Å². The summed E-state index contributed by atoms with van der Waals surface area (Å²) in [5.74, 6) is 0.528. The highest BCUT2D eigenvalue weighted by molar-refractivity contribution is 7.94. The third-order valence-corrected chi connectivity index (χ3v) is 7.02. The van der Waals surface area contributed by atoms with E-state index in [2.05, 4.69) is 0 Å². The standard InChI is InChI=1S/C23H19F3N2O5S/c1-32-19-11-10-17(13-20(19)33-2)28-22(29)27(18-8-3-4-9-21(18)34(28,30)31)14-15-6-5-7-16(12-15)23(24,25)26/h3-13H,14H2,1-2H3. The number of anilines is 2. The smallest absolute Gasteiger partial charge is 0.416 e. The number of hydrogen-bond donors (Lipinski definition) is 0. The minimum absolute atomic E-state index is 0.00815. The first kappa shape index (κ1) is 23.4. The fourth-order valence-electron chi connectivity index (χ4n) is 3.69. The Morgan fingerprint density at radius 3 is 2.26 bits per heavy atom. The minimum Gasteiger partial charge on any atom is -0.493 e. The Balaban J connectivity index is 1.84. The number of carbonyl (C=O) groups is 1. The lowest BCUT2D eigenvalue weighted by Crippen LogP contribution is -2.50. The van der Waals surface area contributed by atoms with Crippen LogP contribution >= 0.6 is 0 Å². The fraction of sp³-hybridized carbons (Fsp3) is 0.174. The van der Waals surface area contributed by atoms with Crippen LogP contribution in [0.3, 0.4) is 0 Å². The number of benzene rings is 3. The molecule has 1 aliphatic heterocycles. The molecule has 7 nitrogen and oxygen atoms in total. The van der Waals surface area contributed by atoms with E-state index < -0.39 is 27.8 Å². The summed E-state index contributed by atoms with van der Waals surface area (Å²) in [5, 5.41) is 0. The van der Waals surface area contributed by atoms with Crippen LogP contribution in [0.1, 0.15) is 11.1 Å². The van der Waals surface area contributed by atoms with Crippen molar-refractivity contribution in [2.75, 3.05) is 23.4 Å². The molecule has 0 unspecified atom stereocenters. The van der Waals surface area contributed by atoms with E-state index in [1.165, 1.54) is 62.8 Å². The summed E-state index contributed by atoms with van der Waals surface area (Å²) >= 11 is 0. The Morgan fingerprint density at radius 2 is 1.59 bits per heavy atom. The van der Waals surface area contributed by atoms with Gasteiger partial charge in [-0.2, -0.15) is 17.5 Å². The average molecular weight is 492 g/mol. The molecule has 3 aromatic carbocycles. The molecular weight excluding hydrogens is 473 g/mol. The van der Waals surface area contributed by atoms with Gasteiger partial charge in [0, 0.05) is 6.07 Å². The summed E-state index contributed by atoms with van der Waals surface area (Å²) in [5.41, 5.74) is -0.621. The number of nitrogens with zero attached hydrogens (tertiary/aromatic N) is 2. The fourth-order valence-corrected chi connectivity index (χ4v) is 5.28. The van der Waals surface area contributed by atoms with Crippen molar-refractivity contribution in [1.82, 2.24) is 0 Å². The van der Waals surface area contributed by atoms with Crippen molar-refractivity contribution in [1.29, 1.82) is 0 Å².